The van der Waals surface area contributed by atoms with E-state index in [2.05, 4.69) is 25.3 Å². The third-order valence-corrected chi connectivity index (χ3v) is 3.71. The number of carbonyl (C=O) groups excluding carboxylic acids is 1. The number of anilines is 1. The smallest absolute Gasteiger partial charge is 0.256 e. The molecule has 0 unspecified atom stereocenters. The number of amides is 1. The normalized spacial score (nSPS) is 14.4. The van der Waals surface area contributed by atoms with Crippen LogP contribution < -0.4 is 10.2 Å². The van der Waals surface area contributed by atoms with E-state index in [0.29, 0.717) is 17.9 Å². The first kappa shape index (κ1) is 14.5. The van der Waals surface area contributed by atoms with E-state index in [1.807, 2.05) is 13.0 Å². The number of hydrogen-bond acceptors (Lipinski definition) is 6. The van der Waals surface area contributed by atoms with Crippen molar-refractivity contribution in [2.24, 2.45) is 0 Å². The third kappa shape index (κ3) is 3.08. The van der Waals surface area contributed by atoms with Gasteiger partial charge in [-0.2, -0.15) is 0 Å². The van der Waals surface area contributed by atoms with Crippen molar-refractivity contribution < 1.29 is 9.32 Å². The fraction of sp³-hybridized carbons (Fsp3) is 0.467. The zero-order chi connectivity index (χ0) is 15.5. The number of aryl methyl sites for hydroxylation is 2. The van der Waals surface area contributed by atoms with Gasteiger partial charge in [-0.1, -0.05) is 5.16 Å². The maximum absolute atomic E-state index is 12.1. The second kappa shape index (κ2) is 6.13. The van der Waals surface area contributed by atoms with E-state index >= 15 is 0 Å². The molecule has 2 aromatic heterocycles. The first-order valence-electron chi connectivity index (χ1n) is 7.42. The van der Waals surface area contributed by atoms with Gasteiger partial charge in [-0.25, -0.2) is 9.97 Å². The standard InChI is InChI=1S/C15H19N5O2/c1-10-7-12(19-15(18-10)20-5-3-4-6-20)8-16-14(21)13-9-17-22-11(13)2/h7,9H,3-6,8H2,1-2H3,(H,16,21). The summed E-state index contributed by atoms with van der Waals surface area (Å²) in [4.78, 5) is 23.3. The van der Waals surface area contributed by atoms with Crippen LogP contribution in [0.15, 0.2) is 16.8 Å². The van der Waals surface area contributed by atoms with Crippen LogP contribution in [0.25, 0.3) is 0 Å². The molecule has 1 aliphatic rings. The minimum atomic E-state index is -0.210. The molecule has 2 aromatic rings. The average Bonchev–Trinajstić information content (AvgIpc) is 3.15. The molecule has 22 heavy (non-hydrogen) atoms. The molecule has 116 valence electrons. The molecule has 0 aromatic carbocycles. The van der Waals surface area contributed by atoms with Gasteiger partial charge in [0.15, 0.2) is 0 Å². The second-order valence-corrected chi connectivity index (χ2v) is 5.47. The Bertz CT molecular complexity index is 676. The van der Waals surface area contributed by atoms with Crippen LogP contribution in [-0.2, 0) is 6.54 Å². The van der Waals surface area contributed by atoms with Gasteiger partial charge in [0.05, 0.1) is 18.4 Å². The van der Waals surface area contributed by atoms with Crippen molar-refractivity contribution in [1.82, 2.24) is 20.4 Å². The molecule has 1 N–H and O–H groups in total. The van der Waals surface area contributed by atoms with Gasteiger partial charge in [-0.05, 0) is 32.8 Å². The van der Waals surface area contributed by atoms with Crippen LogP contribution in [0.5, 0.6) is 0 Å². The summed E-state index contributed by atoms with van der Waals surface area (Å²) in [5.74, 6) is 1.05. The Kier molecular flexibility index (Phi) is 4.04. The SMILES string of the molecule is Cc1cc(CNC(=O)c2cnoc2C)nc(N2CCCC2)n1. The summed E-state index contributed by atoms with van der Waals surface area (Å²) < 4.78 is 4.90. The summed E-state index contributed by atoms with van der Waals surface area (Å²) in [6, 6.07) is 1.89. The highest BCUT2D eigenvalue weighted by Crippen LogP contribution is 2.16. The zero-order valence-electron chi connectivity index (χ0n) is 12.8. The molecule has 3 rings (SSSR count). The van der Waals surface area contributed by atoms with Crippen LogP contribution >= 0.6 is 0 Å². The van der Waals surface area contributed by atoms with Gasteiger partial charge in [-0.15, -0.1) is 0 Å². The van der Waals surface area contributed by atoms with E-state index in [1.54, 1.807) is 6.92 Å². The fourth-order valence-corrected chi connectivity index (χ4v) is 2.55. The van der Waals surface area contributed by atoms with E-state index in [9.17, 15) is 4.79 Å². The van der Waals surface area contributed by atoms with Crippen LogP contribution in [0.1, 0.15) is 40.3 Å². The molecule has 1 fully saturated rings. The second-order valence-electron chi connectivity index (χ2n) is 5.47. The summed E-state index contributed by atoms with van der Waals surface area (Å²) in [5, 5.41) is 6.45. The first-order chi connectivity index (χ1) is 10.6. The van der Waals surface area contributed by atoms with Gasteiger partial charge in [0.25, 0.3) is 5.91 Å². The summed E-state index contributed by atoms with van der Waals surface area (Å²) in [7, 11) is 0. The number of nitrogens with one attached hydrogen (secondary N) is 1. The monoisotopic (exact) mass is 301 g/mol. The Morgan fingerprint density at radius 2 is 2.09 bits per heavy atom. The molecule has 0 atom stereocenters. The maximum Gasteiger partial charge on any atom is 0.256 e. The minimum Gasteiger partial charge on any atom is -0.361 e. The molecule has 0 aliphatic carbocycles. The molecule has 1 amide bonds. The number of nitrogens with zero attached hydrogens (tertiary/aromatic N) is 4. The van der Waals surface area contributed by atoms with Gasteiger partial charge in [0.2, 0.25) is 5.95 Å². The lowest BCUT2D eigenvalue weighted by Gasteiger charge is -2.16. The molecule has 0 spiro atoms. The van der Waals surface area contributed by atoms with E-state index in [1.165, 1.54) is 19.0 Å². The summed E-state index contributed by atoms with van der Waals surface area (Å²) >= 11 is 0. The molecule has 0 saturated carbocycles. The lowest BCUT2D eigenvalue weighted by Crippen LogP contribution is -2.25. The highest BCUT2D eigenvalue weighted by Gasteiger charge is 2.17. The Balaban J connectivity index is 1.69. The molecule has 7 heteroatoms. The quantitative estimate of drug-likeness (QED) is 0.923. The summed E-state index contributed by atoms with van der Waals surface area (Å²) in [6.07, 6.45) is 3.78. The maximum atomic E-state index is 12.1. The van der Waals surface area contributed by atoms with Gasteiger partial charge >= 0.3 is 0 Å². The minimum absolute atomic E-state index is 0.210. The van der Waals surface area contributed by atoms with Crippen LogP contribution in [0, 0.1) is 13.8 Å². The molecule has 7 nitrogen and oxygen atoms in total. The summed E-state index contributed by atoms with van der Waals surface area (Å²) in [5.41, 5.74) is 2.16. The van der Waals surface area contributed by atoms with Crippen molar-refractivity contribution in [3.63, 3.8) is 0 Å². The Hall–Kier alpha value is -2.44. The van der Waals surface area contributed by atoms with Crippen molar-refractivity contribution >= 4 is 11.9 Å². The molecular weight excluding hydrogens is 282 g/mol. The van der Waals surface area contributed by atoms with Gasteiger partial charge in [0, 0.05) is 18.8 Å². The molecular formula is C15H19N5O2. The van der Waals surface area contributed by atoms with E-state index in [0.717, 1.165) is 30.4 Å². The number of hydrogen-bond donors (Lipinski definition) is 1. The predicted molar refractivity (Wildman–Crippen MR) is 80.6 cm³/mol. The van der Waals surface area contributed by atoms with Gasteiger partial charge < -0.3 is 14.7 Å². The Labute approximate surface area is 128 Å². The molecule has 0 bridgehead atoms. The molecule has 1 saturated heterocycles. The lowest BCUT2D eigenvalue weighted by atomic mass is 10.2. The zero-order valence-corrected chi connectivity index (χ0v) is 12.8. The topological polar surface area (TPSA) is 84.2 Å². The van der Waals surface area contributed by atoms with E-state index < -0.39 is 0 Å². The summed E-state index contributed by atoms with van der Waals surface area (Å²) in [6.45, 7) is 6.00. The predicted octanol–water partition coefficient (Wildman–Crippen LogP) is 1.61. The number of rotatable bonds is 4. The van der Waals surface area contributed by atoms with Crippen molar-refractivity contribution in [1.29, 1.82) is 0 Å². The third-order valence-electron chi connectivity index (χ3n) is 3.71. The lowest BCUT2D eigenvalue weighted by molar-refractivity contribution is 0.0949. The van der Waals surface area contributed by atoms with Gasteiger partial charge in [-0.3, -0.25) is 4.79 Å². The Morgan fingerprint density at radius 1 is 1.32 bits per heavy atom. The first-order valence-corrected chi connectivity index (χ1v) is 7.42. The van der Waals surface area contributed by atoms with Crippen LogP contribution in [0.2, 0.25) is 0 Å². The number of carbonyl (C=O) groups is 1. The van der Waals surface area contributed by atoms with Crippen LogP contribution in [-0.4, -0.2) is 34.1 Å². The number of aromatic nitrogens is 3. The molecule has 3 heterocycles. The Morgan fingerprint density at radius 3 is 2.77 bits per heavy atom. The van der Waals surface area contributed by atoms with Crippen molar-refractivity contribution in [2.45, 2.75) is 33.2 Å². The average molecular weight is 301 g/mol. The molecule has 1 aliphatic heterocycles. The highest BCUT2D eigenvalue weighted by molar-refractivity contribution is 5.94. The fourth-order valence-electron chi connectivity index (χ4n) is 2.55. The van der Waals surface area contributed by atoms with E-state index in [-0.39, 0.29) is 5.91 Å². The van der Waals surface area contributed by atoms with E-state index in [4.69, 9.17) is 4.52 Å². The van der Waals surface area contributed by atoms with Gasteiger partial charge in [0.1, 0.15) is 11.3 Å². The van der Waals surface area contributed by atoms with Crippen molar-refractivity contribution in [3.8, 4) is 0 Å². The van der Waals surface area contributed by atoms with Crippen LogP contribution in [0.3, 0.4) is 0 Å². The molecule has 0 radical (unpaired) electrons. The largest absolute Gasteiger partial charge is 0.361 e. The van der Waals surface area contributed by atoms with Crippen LogP contribution in [0.4, 0.5) is 5.95 Å². The van der Waals surface area contributed by atoms with Crippen molar-refractivity contribution in [2.75, 3.05) is 18.0 Å². The van der Waals surface area contributed by atoms with Crippen molar-refractivity contribution in [3.05, 3.63) is 35.0 Å². The highest BCUT2D eigenvalue weighted by atomic mass is 16.5.